The standard InChI is InChI=1S/C14H20N2O3/c1-10(14(18)15-3)16(11(2)17)9-12-5-7-13(19-4)8-6-12/h5-8,10H,9H2,1-4H3,(H,15,18). The zero-order valence-electron chi connectivity index (χ0n) is 11.8. The van der Waals surface area contributed by atoms with E-state index in [4.69, 9.17) is 4.74 Å². The maximum Gasteiger partial charge on any atom is 0.242 e. The van der Waals surface area contributed by atoms with Gasteiger partial charge in [-0.1, -0.05) is 12.1 Å². The van der Waals surface area contributed by atoms with Gasteiger partial charge in [0.05, 0.1) is 7.11 Å². The van der Waals surface area contributed by atoms with Gasteiger partial charge in [-0.15, -0.1) is 0 Å². The van der Waals surface area contributed by atoms with Crippen molar-refractivity contribution in [3.05, 3.63) is 29.8 Å². The molecule has 0 aromatic heterocycles. The van der Waals surface area contributed by atoms with Gasteiger partial charge in [-0.2, -0.15) is 0 Å². The molecule has 0 aliphatic rings. The van der Waals surface area contributed by atoms with Crippen LogP contribution < -0.4 is 10.1 Å². The largest absolute Gasteiger partial charge is 0.497 e. The Morgan fingerprint density at radius 3 is 2.32 bits per heavy atom. The number of hydrogen-bond donors (Lipinski definition) is 1. The van der Waals surface area contributed by atoms with E-state index < -0.39 is 6.04 Å². The minimum atomic E-state index is -0.496. The molecular weight excluding hydrogens is 244 g/mol. The van der Waals surface area contributed by atoms with Crippen LogP contribution in [0.2, 0.25) is 0 Å². The van der Waals surface area contributed by atoms with Crippen molar-refractivity contribution in [2.24, 2.45) is 0 Å². The van der Waals surface area contributed by atoms with Crippen LogP contribution >= 0.6 is 0 Å². The average Bonchev–Trinajstić information content (AvgIpc) is 2.43. The predicted molar refractivity (Wildman–Crippen MR) is 72.7 cm³/mol. The summed E-state index contributed by atoms with van der Waals surface area (Å²) in [4.78, 5) is 24.8. The second-order valence-electron chi connectivity index (χ2n) is 4.29. The van der Waals surface area contributed by atoms with E-state index in [1.165, 1.54) is 11.8 Å². The zero-order chi connectivity index (χ0) is 14.4. The van der Waals surface area contributed by atoms with E-state index >= 15 is 0 Å². The van der Waals surface area contributed by atoms with E-state index in [0.717, 1.165) is 11.3 Å². The number of nitrogens with one attached hydrogen (secondary N) is 1. The number of carbonyl (C=O) groups excluding carboxylic acids is 2. The quantitative estimate of drug-likeness (QED) is 0.868. The lowest BCUT2D eigenvalue weighted by atomic mass is 10.1. The molecule has 0 saturated heterocycles. The van der Waals surface area contributed by atoms with E-state index in [9.17, 15) is 9.59 Å². The Morgan fingerprint density at radius 2 is 1.89 bits per heavy atom. The maximum atomic E-state index is 11.7. The summed E-state index contributed by atoms with van der Waals surface area (Å²) in [5.74, 6) is 0.452. The Bertz CT molecular complexity index is 443. The topological polar surface area (TPSA) is 58.6 Å². The molecule has 1 N–H and O–H groups in total. The van der Waals surface area contributed by atoms with E-state index in [0.29, 0.717) is 6.54 Å². The second-order valence-corrected chi connectivity index (χ2v) is 4.29. The van der Waals surface area contributed by atoms with E-state index in [2.05, 4.69) is 5.32 Å². The molecule has 1 aromatic rings. The van der Waals surface area contributed by atoms with Crippen molar-refractivity contribution in [2.45, 2.75) is 26.4 Å². The van der Waals surface area contributed by atoms with Crippen molar-refractivity contribution in [1.29, 1.82) is 0 Å². The van der Waals surface area contributed by atoms with Gasteiger partial charge in [-0.25, -0.2) is 0 Å². The fourth-order valence-corrected chi connectivity index (χ4v) is 1.80. The molecule has 0 radical (unpaired) electrons. The third kappa shape index (κ3) is 3.98. The third-order valence-electron chi connectivity index (χ3n) is 3.01. The molecule has 5 nitrogen and oxygen atoms in total. The van der Waals surface area contributed by atoms with Crippen LogP contribution in [0, 0.1) is 0 Å². The number of benzene rings is 1. The molecular formula is C14H20N2O3. The number of carbonyl (C=O) groups is 2. The minimum Gasteiger partial charge on any atom is -0.497 e. The summed E-state index contributed by atoms with van der Waals surface area (Å²) >= 11 is 0. The molecule has 0 spiro atoms. The summed E-state index contributed by atoms with van der Waals surface area (Å²) in [7, 11) is 3.16. The number of nitrogens with zero attached hydrogens (tertiary/aromatic N) is 1. The molecule has 1 unspecified atom stereocenters. The van der Waals surface area contributed by atoms with Crippen molar-refractivity contribution in [3.8, 4) is 5.75 Å². The van der Waals surface area contributed by atoms with Crippen LogP contribution in [0.4, 0.5) is 0 Å². The van der Waals surface area contributed by atoms with Gasteiger partial charge in [-0.05, 0) is 24.6 Å². The Hall–Kier alpha value is -2.04. The smallest absolute Gasteiger partial charge is 0.242 e. The predicted octanol–water partition coefficient (Wildman–Crippen LogP) is 1.18. The molecule has 19 heavy (non-hydrogen) atoms. The van der Waals surface area contributed by atoms with Gasteiger partial charge < -0.3 is 15.0 Å². The van der Waals surface area contributed by atoms with Crippen LogP contribution in [0.15, 0.2) is 24.3 Å². The van der Waals surface area contributed by atoms with Gasteiger partial charge in [-0.3, -0.25) is 9.59 Å². The Balaban J connectivity index is 2.83. The monoisotopic (exact) mass is 264 g/mol. The molecule has 0 fully saturated rings. The molecule has 0 aliphatic heterocycles. The van der Waals surface area contributed by atoms with Crippen LogP contribution in [0.1, 0.15) is 19.4 Å². The maximum absolute atomic E-state index is 11.7. The van der Waals surface area contributed by atoms with E-state index in [-0.39, 0.29) is 11.8 Å². The van der Waals surface area contributed by atoms with E-state index in [1.54, 1.807) is 21.1 Å². The lowest BCUT2D eigenvalue weighted by molar-refractivity contribution is -0.138. The third-order valence-corrected chi connectivity index (χ3v) is 3.01. The summed E-state index contributed by atoms with van der Waals surface area (Å²) in [5, 5.41) is 2.55. The van der Waals surface area contributed by atoms with Crippen LogP contribution in [0.3, 0.4) is 0 Å². The number of hydrogen-bond acceptors (Lipinski definition) is 3. The van der Waals surface area contributed by atoms with Crippen LogP contribution in [-0.2, 0) is 16.1 Å². The second kappa shape index (κ2) is 6.78. The lowest BCUT2D eigenvalue weighted by Crippen LogP contribution is -2.45. The molecule has 1 rings (SSSR count). The fourth-order valence-electron chi connectivity index (χ4n) is 1.80. The van der Waals surface area contributed by atoms with Crippen LogP contribution in [-0.4, -0.2) is 36.9 Å². The van der Waals surface area contributed by atoms with Gasteiger partial charge in [0.1, 0.15) is 11.8 Å². The van der Waals surface area contributed by atoms with Gasteiger partial charge in [0.15, 0.2) is 0 Å². The lowest BCUT2D eigenvalue weighted by Gasteiger charge is -2.27. The van der Waals surface area contributed by atoms with Crippen molar-refractivity contribution in [2.75, 3.05) is 14.2 Å². The van der Waals surface area contributed by atoms with Gasteiger partial charge in [0.2, 0.25) is 11.8 Å². The van der Waals surface area contributed by atoms with Gasteiger partial charge in [0.25, 0.3) is 0 Å². The number of ether oxygens (including phenoxy) is 1. The molecule has 5 heteroatoms. The number of methoxy groups -OCH3 is 1. The van der Waals surface area contributed by atoms with Gasteiger partial charge >= 0.3 is 0 Å². The SMILES string of the molecule is CNC(=O)C(C)N(Cc1ccc(OC)cc1)C(C)=O. The van der Waals surface area contributed by atoms with Crippen molar-refractivity contribution < 1.29 is 14.3 Å². The first kappa shape index (κ1) is 15.0. The van der Waals surface area contributed by atoms with Gasteiger partial charge in [0, 0.05) is 20.5 Å². The Kier molecular flexibility index (Phi) is 5.36. The summed E-state index contributed by atoms with van der Waals surface area (Å²) in [6.07, 6.45) is 0. The highest BCUT2D eigenvalue weighted by atomic mass is 16.5. The normalized spacial score (nSPS) is 11.6. The average molecular weight is 264 g/mol. The number of rotatable bonds is 5. The number of amides is 2. The first-order valence-electron chi connectivity index (χ1n) is 6.11. The first-order valence-corrected chi connectivity index (χ1v) is 6.11. The number of likely N-dealkylation sites (N-methyl/N-ethyl adjacent to an activating group) is 1. The Labute approximate surface area is 113 Å². The highest BCUT2D eigenvalue weighted by molar-refractivity contribution is 5.86. The van der Waals surface area contributed by atoms with Crippen LogP contribution in [0.25, 0.3) is 0 Å². The molecule has 0 bridgehead atoms. The van der Waals surface area contributed by atoms with E-state index in [1.807, 2.05) is 24.3 Å². The minimum absolute atomic E-state index is 0.132. The zero-order valence-corrected chi connectivity index (χ0v) is 11.8. The molecule has 0 heterocycles. The van der Waals surface area contributed by atoms with Crippen molar-refractivity contribution in [3.63, 3.8) is 0 Å². The molecule has 1 aromatic carbocycles. The molecule has 104 valence electrons. The molecule has 0 aliphatic carbocycles. The molecule has 1 atom stereocenters. The summed E-state index contributed by atoms with van der Waals surface area (Å²) < 4.78 is 5.08. The summed E-state index contributed by atoms with van der Waals surface area (Å²) in [5.41, 5.74) is 0.951. The summed E-state index contributed by atoms with van der Waals surface area (Å²) in [6, 6.07) is 6.93. The molecule has 2 amide bonds. The highest BCUT2D eigenvalue weighted by Crippen LogP contribution is 2.14. The van der Waals surface area contributed by atoms with Crippen molar-refractivity contribution >= 4 is 11.8 Å². The highest BCUT2D eigenvalue weighted by Gasteiger charge is 2.22. The van der Waals surface area contributed by atoms with Crippen LogP contribution in [0.5, 0.6) is 5.75 Å². The fraction of sp³-hybridized carbons (Fsp3) is 0.429. The summed E-state index contributed by atoms with van der Waals surface area (Å²) in [6.45, 7) is 3.57. The van der Waals surface area contributed by atoms with Crippen molar-refractivity contribution in [1.82, 2.24) is 10.2 Å². The molecule has 0 saturated carbocycles. The Morgan fingerprint density at radius 1 is 1.32 bits per heavy atom. The first-order chi connectivity index (χ1) is 8.99.